The van der Waals surface area contributed by atoms with Crippen molar-refractivity contribution in [1.82, 2.24) is 0 Å². The minimum Gasteiger partial charge on any atom is -0.376 e. The Balaban J connectivity index is 1.90. The first-order valence-electron chi connectivity index (χ1n) is 7.83. The van der Waals surface area contributed by atoms with E-state index in [1.807, 2.05) is 70.5 Å². The predicted molar refractivity (Wildman–Crippen MR) is 110 cm³/mol. The summed E-state index contributed by atoms with van der Waals surface area (Å²) in [6, 6.07) is 19.9. The molecule has 0 saturated heterocycles. The van der Waals surface area contributed by atoms with Gasteiger partial charge in [-0.05, 0) is 61.5 Å². The van der Waals surface area contributed by atoms with E-state index >= 15 is 0 Å². The van der Waals surface area contributed by atoms with E-state index in [0.29, 0.717) is 10.2 Å². The molecule has 2 aromatic rings. The van der Waals surface area contributed by atoms with Crippen LogP contribution < -0.4 is 21.3 Å². The number of unbranched alkanes of at least 4 members (excludes halogenated alkanes) is 1. The molecular weight excluding hydrogens is 336 g/mol. The van der Waals surface area contributed by atoms with E-state index in [1.165, 1.54) is 0 Å². The van der Waals surface area contributed by atoms with E-state index in [2.05, 4.69) is 0 Å². The molecule has 6 heteroatoms. The van der Waals surface area contributed by atoms with Gasteiger partial charge < -0.3 is 21.3 Å². The van der Waals surface area contributed by atoms with Crippen molar-refractivity contribution in [3.05, 3.63) is 60.7 Å². The first-order chi connectivity index (χ1) is 11.6. The summed E-state index contributed by atoms with van der Waals surface area (Å²) in [5.41, 5.74) is 13.7. The highest BCUT2D eigenvalue weighted by molar-refractivity contribution is 7.80. The zero-order valence-corrected chi connectivity index (χ0v) is 15.1. The summed E-state index contributed by atoms with van der Waals surface area (Å²) >= 11 is 10.3. The van der Waals surface area contributed by atoms with Gasteiger partial charge in [0.2, 0.25) is 0 Å². The summed E-state index contributed by atoms with van der Waals surface area (Å²) < 4.78 is 0. The fraction of sp³-hybridized carbons (Fsp3) is 0.222. The molecule has 0 bridgehead atoms. The molecule has 24 heavy (non-hydrogen) atoms. The Morgan fingerprint density at radius 1 is 0.667 bits per heavy atom. The lowest BCUT2D eigenvalue weighted by atomic mass is 10.2. The van der Waals surface area contributed by atoms with Gasteiger partial charge in [0.25, 0.3) is 0 Å². The SMILES string of the molecule is NC(=S)N(CCCCN(C(N)=S)c1ccccc1)c1ccccc1. The normalized spacial score (nSPS) is 10.2. The van der Waals surface area contributed by atoms with Crippen LogP contribution in [0.5, 0.6) is 0 Å². The van der Waals surface area contributed by atoms with Gasteiger partial charge in [0, 0.05) is 24.5 Å². The number of para-hydroxylation sites is 2. The Bertz CT molecular complexity index is 602. The van der Waals surface area contributed by atoms with Crippen LogP contribution in [0, 0.1) is 0 Å². The molecule has 0 aromatic heterocycles. The molecule has 0 radical (unpaired) electrons. The van der Waals surface area contributed by atoms with E-state index in [-0.39, 0.29) is 0 Å². The largest absolute Gasteiger partial charge is 0.376 e. The van der Waals surface area contributed by atoms with Crippen molar-refractivity contribution in [3.63, 3.8) is 0 Å². The van der Waals surface area contributed by atoms with Crippen LogP contribution in [-0.2, 0) is 0 Å². The average molecular weight is 359 g/mol. The number of nitrogens with zero attached hydrogens (tertiary/aromatic N) is 2. The fourth-order valence-electron chi connectivity index (χ4n) is 2.49. The standard InChI is InChI=1S/C18H22N4S2/c19-17(23)21(15-9-3-1-4-10-15)13-7-8-14-22(18(20)24)16-11-5-2-6-12-16/h1-6,9-12H,7-8,13-14H2,(H2,19,23)(H2,20,24). The number of anilines is 2. The summed E-state index contributed by atoms with van der Waals surface area (Å²) in [5.74, 6) is 0. The first kappa shape index (κ1) is 18.2. The number of benzene rings is 2. The molecule has 0 unspecified atom stereocenters. The summed E-state index contributed by atoms with van der Waals surface area (Å²) in [7, 11) is 0. The second-order valence-corrected chi connectivity index (χ2v) is 6.19. The molecule has 4 N–H and O–H groups in total. The van der Waals surface area contributed by atoms with Crippen LogP contribution in [0.1, 0.15) is 12.8 Å². The number of hydrogen-bond donors (Lipinski definition) is 2. The molecule has 0 aliphatic rings. The molecule has 0 aliphatic heterocycles. The smallest absolute Gasteiger partial charge is 0.170 e. The maximum Gasteiger partial charge on any atom is 0.170 e. The molecule has 4 nitrogen and oxygen atoms in total. The van der Waals surface area contributed by atoms with Gasteiger partial charge >= 0.3 is 0 Å². The number of thiocarbonyl (C=S) groups is 2. The lowest BCUT2D eigenvalue weighted by molar-refractivity contribution is 0.742. The van der Waals surface area contributed by atoms with Gasteiger partial charge in [0.1, 0.15) is 0 Å². The molecule has 0 amide bonds. The van der Waals surface area contributed by atoms with Crippen LogP contribution >= 0.6 is 24.4 Å². The predicted octanol–water partition coefficient (Wildman–Crippen LogP) is 3.27. The fourth-order valence-corrected chi connectivity index (χ4v) is 2.88. The highest BCUT2D eigenvalue weighted by Crippen LogP contribution is 2.16. The van der Waals surface area contributed by atoms with Crippen molar-refractivity contribution in [2.75, 3.05) is 22.9 Å². The molecule has 0 saturated carbocycles. The van der Waals surface area contributed by atoms with Gasteiger partial charge in [0.05, 0.1) is 0 Å². The molecule has 0 spiro atoms. The average Bonchev–Trinajstić information content (AvgIpc) is 2.59. The Morgan fingerprint density at radius 2 is 1.00 bits per heavy atom. The second kappa shape index (κ2) is 9.20. The molecular formula is C18H22N4S2. The van der Waals surface area contributed by atoms with E-state index in [1.54, 1.807) is 0 Å². The van der Waals surface area contributed by atoms with E-state index in [9.17, 15) is 0 Å². The topological polar surface area (TPSA) is 58.5 Å². The minimum absolute atomic E-state index is 0.385. The van der Waals surface area contributed by atoms with E-state index in [4.69, 9.17) is 35.9 Å². The third-order valence-electron chi connectivity index (χ3n) is 3.68. The summed E-state index contributed by atoms with van der Waals surface area (Å²) in [4.78, 5) is 3.89. The van der Waals surface area contributed by atoms with E-state index < -0.39 is 0 Å². The lowest BCUT2D eigenvalue weighted by Gasteiger charge is -2.25. The van der Waals surface area contributed by atoms with Crippen LogP contribution in [0.25, 0.3) is 0 Å². The molecule has 2 rings (SSSR count). The molecule has 0 fully saturated rings. The summed E-state index contributed by atoms with van der Waals surface area (Å²) in [6.07, 6.45) is 1.86. The second-order valence-electron chi connectivity index (χ2n) is 5.36. The van der Waals surface area contributed by atoms with Crippen molar-refractivity contribution in [2.45, 2.75) is 12.8 Å². The quantitative estimate of drug-likeness (QED) is 0.585. The summed E-state index contributed by atoms with van der Waals surface area (Å²) in [5, 5.41) is 0.769. The first-order valence-corrected chi connectivity index (χ1v) is 8.65. The monoisotopic (exact) mass is 358 g/mol. The van der Waals surface area contributed by atoms with Crippen LogP contribution in [0.4, 0.5) is 11.4 Å². The zero-order valence-electron chi connectivity index (χ0n) is 13.5. The maximum absolute atomic E-state index is 5.86. The Morgan fingerprint density at radius 3 is 1.29 bits per heavy atom. The Labute approximate surface area is 154 Å². The van der Waals surface area contributed by atoms with Crippen molar-refractivity contribution < 1.29 is 0 Å². The summed E-state index contributed by atoms with van der Waals surface area (Å²) in [6.45, 7) is 1.53. The van der Waals surface area contributed by atoms with Crippen LogP contribution in [0.2, 0.25) is 0 Å². The number of hydrogen-bond acceptors (Lipinski definition) is 2. The van der Waals surface area contributed by atoms with Crippen molar-refractivity contribution in [2.24, 2.45) is 11.5 Å². The van der Waals surface area contributed by atoms with Crippen LogP contribution in [0.15, 0.2) is 60.7 Å². The highest BCUT2D eigenvalue weighted by Gasteiger charge is 2.11. The Hall–Kier alpha value is -2.18. The van der Waals surface area contributed by atoms with Gasteiger partial charge in [-0.25, -0.2) is 0 Å². The molecule has 2 aromatic carbocycles. The molecule has 0 atom stereocenters. The van der Waals surface area contributed by atoms with Gasteiger partial charge in [0.15, 0.2) is 10.2 Å². The zero-order chi connectivity index (χ0) is 17.4. The minimum atomic E-state index is 0.385. The molecule has 0 aliphatic carbocycles. The van der Waals surface area contributed by atoms with E-state index in [0.717, 1.165) is 37.3 Å². The number of nitrogens with two attached hydrogens (primary N) is 2. The third kappa shape index (κ3) is 5.18. The lowest BCUT2D eigenvalue weighted by Crippen LogP contribution is -2.38. The molecule has 126 valence electrons. The third-order valence-corrected chi connectivity index (χ3v) is 4.12. The number of rotatable bonds is 7. The van der Waals surface area contributed by atoms with Gasteiger partial charge in [-0.2, -0.15) is 0 Å². The van der Waals surface area contributed by atoms with Crippen molar-refractivity contribution >= 4 is 46.0 Å². The van der Waals surface area contributed by atoms with Crippen molar-refractivity contribution in [3.8, 4) is 0 Å². The molecule has 0 heterocycles. The van der Waals surface area contributed by atoms with Crippen molar-refractivity contribution in [1.29, 1.82) is 0 Å². The van der Waals surface area contributed by atoms with Crippen LogP contribution in [-0.4, -0.2) is 23.3 Å². The van der Waals surface area contributed by atoms with Gasteiger partial charge in [-0.1, -0.05) is 36.4 Å². The maximum atomic E-state index is 5.86. The Kier molecular flexibility index (Phi) is 6.96. The van der Waals surface area contributed by atoms with Gasteiger partial charge in [-0.15, -0.1) is 0 Å². The highest BCUT2D eigenvalue weighted by atomic mass is 32.1. The van der Waals surface area contributed by atoms with Gasteiger partial charge in [-0.3, -0.25) is 0 Å². The van der Waals surface area contributed by atoms with Crippen LogP contribution in [0.3, 0.4) is 0 Å².